The van der Waals surface area contributed by atoms with Crippen molar-refractivity contribution < 1.29 is 0 Å². The van der Waals surface area contributed by atoms with Gasteiger partial charge in [-0.2, -0.15) is 0 Å². The quantitative estimate of drug-likeness (QED) is 0.775. The van der Waals surface area contributed by atoms with Crippen LogP contribution in [0.2, 0.25) is 0 Å². The molecule has 0 spiro atoms. The van der Waals surface area contributed by atoms with E-state index < -0.39 is 0 Å². The SMILES string of the molecule is CCNCc1cnc(N(C)C)nc1C. The van der Waals surface area contributed by atoms with Crippen LogP contribution in [0.25, 0.3) is 0 Å². The largest absolute Gasteiger partial charge is 0.347 e. The van der Waals surface area contributed by atoms with Crippen LogP contribution in [-0.4, -0.2) is 30.6 Å². The van der Waals surface area contributed by atoms with E-state index in [1.807, 2.05) is 32.1 Å². The Morgan fingerprint density at radius 2 is 2.14 bits per heavy atom. The van der Waals surface area contributed by atoms with Crippen molar-refractivity contribution in [3.05, 3.63) is 17.5 Å². The standard InChI is InChI=1S/C10H18N4/c1-5-11-6-9-7-12-10(14(3)4)13-8(9)2/h7,11H,5-6H2,1-4H3. The highest BCUT2D eigenvalue weighted by molar-refractivity contribution is 5.30. The smallest absolute Gasteiger partial charge is 0.224 e. The van der Waals surface area contributed by atoms with Crippen LogP contribution in [-0.2, 0) is 6.54 Å². The number of hydrogen-bond acceptors (Lipinski definition) is 4. The Balaban J connectivity index is 2.79. The third kappa shape index (κ3) is 2.67. The predicted molar refractivity (Wildman–Crippen MR) is 58.5 cm³/mol. The summed E-state index contributed by atoms with van der Waals surface area (Å²) in [6.45, 7) is 5.91. The average molecular weight is 194 g/mol. The Bertz CT molecular complexity index is 296. The highest BCUT2D eigenvalue weighted by atomic mass is 15.2. The molecule has 0 amide bonds. The lowest BCUT2D eigenvalue weighted by Gasteiger charge is -2.12. The number of anilines is 1. The molecule has 1 aromatic heterocycles. The number of nitrogens with zero attached hydrogens (tertiary/aromatic N) is 3. The van der Waals surface area contributed by atoms with Gasteiger partial charge in [0.25, 0.3) is 0 Å². The van der Waals surface area contributed by atoms with Crippen LogP contribution >= 0.6 is 0 Å². The first-order valence-electron chi connectivity index (χ1n) is 4.85. The summed E-state index contributed by atoms with van der Waals surface area (Å²) in [4.78, 5) is 10.6. The fourth-order valence-corrected chi connectivity index (χ4v) is 1.13. The van der Waals surface area contributed by atoms with Gasteiger partial charge < -0.3 is 10.2 Å². The molecule has 14 heavy (non-hydrogen) atoms. The summed E-state index contributed by atoms with van der Waals surface area (Å²) >= 11 is 0. The molecule has 0 bridgehead atoms. The van der Waals surface area contributed by atoms with Gasteiger partial charge in [0.1, 0.15) is 0 Å². The van der Waals surface area contributed by atoms with Gasteiger partial charge in [0.05, 0.1) is 0 Å². The minimum absolute atomic E-state index is 0.766. The van der Waals surface area contributed by atoms with Gasteiger partial charge in [-0.3, -0.25) is 0 Å². The Kier molecular flexibility index (Phi) is 3.83. The molecule has 0 saturated carbocycles. The summed E-state index contributed by atoms with van der Waals surface area (Å²) in [5, 5.41) is 3.26. The van der Waals surface area contributed by atoms with Gasteiger partial charge in [-0.15, -0.1) is 0 Å². The van der Waals surface area contributed by atoms with E-state index in [0.717, 1.165) is 30.3 Å². The van der Waals surface area contributed by atoms with Crippen molar-refractivity contribution in [3.8, 4) is 0 Å². The van der Waals surface area contributed by atoms with Crippen LogP contribution in [0.5, 0.6) is 0 Å². The monoisotopic (exact) mass is 194 g/mol. The molecule has 0 aliphatic carbocycles. The summed E-state index contributed by atoms with van der Waals surface area (Å²) in [6.07, 6.45) is 1.89. The Labute approximate surface area is 85.4 Å². The molecule has 0 radical (unpaired) electrons. The van der Waals surface area contributed by atoms with Crippen molar-refractivity contribution in [2.24, 2.45) is 0 Å². The van der Waals surface area contributed by atoms with Gasteiger partial charge in [0.15, 0.2) is 0 Å². The molecule has 78 valence electrons. The van der Waals surface area contributed by atoms with Crippen LogP contribution in [0.4, 0.5) is 5.95 Å². The molecule has 0 atom stereocenters. The van der Waals surface area contributed by atoms with Crippen LogP contribution in [0.15, 0.2) is 6.20 Å². The maximum absolute atomic E-state index is 4.40. The van der Waals surface area contributed by atoms with Crippen molar-refractivity contribution in [2.45, 2.75) is 20.4 Å². The van der Waals surface area contributed by atoms with E-state index in [9.17, 15) is 0 Å². The molecule has 0 aliphatic heterocycles. The van der Waals surface area contributed by atoms with Gasteiger partial charge in [-0.25, -0.2) is 9.97 Å². The van der Waals surface area contributed by atoms with Crippen LogP contribution < -0.4 is 10.2 Å². The number of aromatic nitrogens is 2. The molecule has 4 heteroatoms. The van der Waals surface area contributed by atoms with Gasteiger partial charge in [-0.1, -0.05) is 6.92 Å². The second kappa shape index (κ2) is 4.91. The maximum Gasteiger partial charge on any atom is 0.224 e. The van der Waals surface area contributed by atoms with E-state index in [-0.39, 0.29) is 0 Å². The van der Waals surface area contributed by atoms with E-state index >= 15 is 0 Å². The molecule has 0 fully saturated rings. The molecule has 1 N–H and O–H groups in total. The Hall–Kier alpha value is -1.16. The number of rotatable bonds is 4. The van der Waals surface area contributed by atoms with Gasteiger partial charge >= 0.3 is 0 Å². The van der Waals surface area contributed by atoms with E-state index in [1.165, 1.54) is 0 Å². The minimum Gasteiger partial charge on any atom is -0.347 e. The van der Waals surface area contributed by atoms with Gasteiger partial charge in [-0.05, 0) is 13.5 Å². The normalized spacial score (nSPS) is 10.3. The van der Waals surface area contributed by atoms with Crippen molar-refractivity contribution in [3.63, 3.8) is 0 Å². The van der Waals surface area contributed by atoms with Crippen LogP contribution in [0, 0.1) is 6.92 Å². The van der Waals surface area contributed by atoms with Crippen molar-refractivity contribution in [1.82, 2.24) is 15.3 Å². The molecule has 0 aliphatic rings. The summed E-state index contributed by atoms with van der Waals surface area (Å²) in [5.41, 5.74) is 2.21. The molecule has 1 aromatic rings. The first-order valence-corrected chi connectivity index (χ1v) is 4.85. The number of hydrogen-bond donors (Lipinski definition) is 1. The second-order valence-corrected chi connectivity index (χ2v) is 3.46. The average Bonchev–Trinajstić information content (AvgIpc) is 2.15. The van der Waals surface area contributed by atoms with Gasteiger partial charge in [0.2, 0.25) is 5.95 Å². The van der Waals surface area contributed by atoms with Crippen molar-refractivity contribution >= 4 is 5.95 Å². The Morgan fingerprint density at radius 3 is 2.64 bits per heavy atom. The molecule has 0 unspecified atom stereocenters. The fourth-order valence-electron chi connectivity index (χ4n) is 1.13. The fraction of sp³-hybridized carbons (Fsp3) is 0.600. The molecule has 1 heterocycles. The number of aryl methyl sites for hydroxylation is 1. The summed E-state index contributed by atoms with van der Waals surface area (Å²) in [5.74, 6) is 0.766. The topological polar surface area (TPSA) is 41.1 Å². The van der Waals surface area contributed by atoms with Crippen LogP contribution in [0.1, 0.15) is 18.2 Å². The molecule has 1 rings (SSSR count). The van der Waals surface area contributed by atoms with E-state index in [0.29, 0.717) is 0 Å². The van der Waals surface area contributed by atoms with E-state index in [1.54, 1.807) is 0 Å². The van der Waals surface area contributed by atoms with Crippen molar-refractivity contribution in [2.75, 3.05) is 25.5 Å². The molecular weight excluding hydrogens is 176 g/mol. The van der Waals surface area contributed by atoms with Crippen LogP contribution in [0.3, 0.4) is 0 Å². The first-order chi connectivity index (χ1) is 6.65. The number of nitrogens with one attached hydrogen (secondary N) is 1. The second-order valence-electron chi connectivity index (χ2n) is 3.46. The minimum atomic E-state index is 0.766. The lowest BCUT2D eigenvalue weighted by Crippen LogP contribution is -2.17. The third-order valence-corrected chi connectivity index (χ3v) is 2.03. The van der Waals surface area contributed by atoms with E-state index in [2.05, 4.69) is 22.2 Å². The summed E-state index contributed by atoms with van der Waals surface area (Å²) in [7, 11) is 3.89. The summed E-state index contributed by atoms with van der Waals surface area (Å²) in [6, 6.07) is 0. The maximum atomic E-state index is 4.40. The lowest BCUT2D eigenvalue weighted by molar-refractivity contribution is 0.715. The zero-order valence-corrected chi connectivity index (χ0v) is 9.33. The Morgan fingerprint density at radius 1 is 1.43 bits per heavy atom. The lowest BCUT2D eigenvalue weighted by atomic mass is 10.2. The van der Waals surface area contributed by atoms with Crippen molar-refractivity contribution in [1.29, 1.82) is 0 Å². The highest BCUT2D eigenvalue weighted by Gasteiger charge is 2.03. The predicted octanol–water partition coefficient (Wildman–Crippen LogP) is 0.961. The molecule has 0 aromatic carbocycles. The molecule has 4 nitrogen and oxygen atoms in total. The zero-order chi connectivity index (χ0) is 10.6. The first kappa shape index (κ1) is 10.9. The zero-order valence-electron chi connectivity index (χ0n) is 9.33. The van der Waals surface area contributed by atoms with E-state index in [4.69, 9.17) is 0 Å². The third-order valence-electron chi connectivity index (χ3n) is 2.03. The summed E-state index contributed by atoms with van der Waals surface area (Å²) < 4.78 is 0. The highest BCUT2D eigenvalue weighted by Crippen LogP contribution is 2.08. The molecular formula is C10H18N4. The molecule has 0 saturated heterocycles. The van der Waals surface area contributed by atoms with Gasteiger partial charge in [0, 0.05) is 38.1 Å².